The Kier molecular flexibility index (Phi) is 10.4. The third-order valence-corrected chi connectivity index (χ3v) is 5.48. The van der Waals surface area contributed by atoms with Crippen LogP contribution in [0.5, 0.6) is 0 Å². The van der Waals surface area contributed by atoms with Crippen LogP contribution in [0, 0.1) is 12.8 Å². The van der Waals surface area contributed by atoms with Crippen LogP contribution in [0.1, 0.15) is 55.5 Å². The Hall–Kier alpha value is -2.54. The van der Waals surface area contributed by atoms with Gasteiger partial charge in [0, 0.05) is 28.3 Å². The zero-order chi connectivity index (χ0) is 22.6. The summed E-state index contributed by atoms with van der Waals surface area (Å²) in [6.07, 6.45) is 5.99. The molecule has 4 rings (SSSR count). The van der Waals surface area contributed by atoms with Gasteiger partial charge >= 0.3 is 0 Å². The summed E-state index contributed by atoms with van der Waals surface area (Å²) >= 11 is 3.44. The summed E-state index contributed by atoms with van der Waals surface area (Å²) in [4.78, 5) is 12.2. The second kappa shape index (κ2) is 13.0. The molecule has 1 fully saturated rings. The van der Waals surface area contributed by atoms with Crippen LogP contribution in [0.2, 0.25) is 0 Å². The van der Waals surface area contributed by atoms with Gasteiger partial charge < -0.3 is 5.32 Å². The molecule has 1 saturated carbocycles. The molecular weight excluding hydrogens is 454 g/mol. The van der Waals surface area contributed by atoms with Gasteiger partial charge in [-0.1, -0.05) is 57.0 Å². The average molecular weight is 486 g/mol. The molecule has 0 atom stereocenters. The summed E-state index contributed by atoms with van der Waals surface area (Å²) in [7, 11) is 1.91. The van der Waals surface area contributed by atoms with Crippen LogP contribution in [0.15, 0.2) is 46.9 Å². The molecule has 6 nitrogen and oxygen atoms in total. The number of aromatic nitrogens is 4. The number of aldehydes is 1. The minimum absolute atomic E-state index is 0.615. The normalized spacial score (nSPS) is 12.2. The number of nitrogens with zero attached hydrogens (tertiary/aromatic N) is 4. The van der Waals surface area contributed by atoms with E-state index >= 15 is 0 Å². The quantitative estimate of drug-likeness (QED) is 0.405. The molecule has 3 aromatic rings. The maximum absolute atomic E-state index is 10.6. The van der Waals surface area contributed by atoms with Crippen molar-refractivity contribution in [2.45, 2.75) is 53.0 Å². The molecule has 0 radical (unpaired) electrons. The molecule has 166 valence electrons. The van der Waals surface area contributed by atoms with Gasteiger partial charge in [0.1, 0.15) is 6.29 Å². The lowest BCUT2D eigenvalue weighted by molar-refractivity contribution is 0.112. The third kappa shape index (κ3) is 8.25. The number of hydrogen-bond donors (Lipinski definition) is 1. The number of halogens is 1. The van der Waals surface area contributed by atoms with Gasteiger partial charge in [-0.05, 0) is 64.5 Å². The van der Waals surface area contributed by atoms with Gasteiger partial charge in [-0.15, -0.1) is 10.2 Å². The van der Waals surface area contributed by atoms with E-state index in [0.29, 0.717) is 11.4 Å². The first-order valence-corrected chi connectivity index (χ1v) is 11.7. The fraction of sp³-hybridized carbons (Fsp3) is 0.417. The summed E-state index contributed by atoms with van der Waals surface area (Å²) in [6, 6.07) is 13.4. The number of aryl methyl sites for hydroxylation is 2. The lowest BCUT2D eigenvalue weighted by Crippen LogP contribution is -2.02. The number of rotatable bonds is 7. The third-order valence-electron chi connectivity index (χ3n) is 4.82. The molecule has 31 heavy (non-hydrogen) atoms. The number of benzene rings is 2. The Balaban J connectivity index is 0.000000241. The number of nitrogens with one attached hydrogen (secondary N) is 1. The van der Waals surface area contributed by atoms with E-state index in [9.17, 15) is 4.79 Å². The van der Waals surface area contributed by atoms with Crippen molar-refractivity contribution in [2.24, 2.45) is 5.92 Å². The van der Waals surface area contributed by atoms with Crippen LogP contribution < -0.4 is 5.32 Å². The van der Waals surface area contributed by atoms with Crippen molar-refractivity contribution in [3.8, 4) is 11.4 Å². The minimum Gasteiger partial charge on any atom is -0.387 e. The lowest BCUT2D eigenvalue weighted by Gasteiger charge is -2.02. The molecule has 0 saturated heterocycles. The van der Waals surface area contributed by atoms with Crippen molar-refractivity contribution in [2.75, 3.05) is 12.4 Å². The zero-order valence-electron chi connectivity index (χ0n) is 18.8. The highest BCUT2D eigenvalue weighted by Gasteiger charge is 2.20. The van der Waals surface area contributed by atoms with Gasteiger partial charge in [-0.3, -0.25) is 4.79 Å². The van der Waals surface area contributed by atoms with Crippen LogP contribution in [-0.4, -0.2) is 33.5 Å². The second-order valence-electron chi connectivity index (χ2n) is 7.27. The number of tetrazole rings is 1. The van der Waals surface area contributed by atoms with Gasteiger partial charge in [-0.25, -0.2) is 0 Å². The summed E-state index contributed by atoms with van der Waals surface area (Å²) < 4.78 is 1.12. The molecule has 1 N–H and O–H groups in total. The maximum atomic E-state index is 10.6. The van der Waals surface area contributed by atoms with Gasteiger partial charge in [0.15, 0.2) is 0 Å². The summed E-state index contributed by atoms with van der Waals surface area (Å²) in [5.41, 5.74) is 3.94. The zero-order valence-corrected chi connectivity index (χ0v) is 20.4. The van der Waals surface area contributed by atoms with E-state index in [1.54, 1.807) is 16.9 Å². The standard InChI is InChI=1S/C14H16N4O.C8H10BrN.C2H6/c19-10-12-5-7-13(8-6-12)14-15-17-18(16-14)9-1-2-11-3-4-11;1-6-3-4-8(10-2)7(9)5-6;1-2/h5-8,10-11H,1-4,9H2;3-5,10H,1-2H3;1-2H3. The Labute approximate surface area is 193 Å². The smallest absolute Gasteiger partial charge is 0.204 e. The van der Waals surface area contributed by atoms with E-state index in [-0.39, 0.29) is 0 Å². The topological polar surface area (TPSA) is 72.7 Å². The molecule has 1 aliphatic carbocycles. The van der Waals surface area contributed by atoms with E-state index in [2.05, 4.69) is 61.8 Å². The van der Waals surface area contributed by atoms with Gasteiger partial charge in [-0.2, -0.15) is 4.80 Å². The molecule has 2 aromatic carbocycles. The fourth-order valence-electron chi connectivity index (χ4n) is 2.92. The highest BCUT2D eigenvalue weighted by Crippen LogP contribution is 2.33. The highest BCUT2D eigenvalue weighted by molar-refractivity contribution is 9.10. The number of hydrogen-bond acceptors (Lipinski definition) is 5. The Bertz CT molecular complexity index is 935. The Morgan fingerprint density at radius 2 is 1.87 bits per heavy atom. The molecule has 1 aliphatic rings. The molecule has 7 heteroatoms. The number of anilines is 1. The molecule has 1 heterocycles. The van der Waals surface area contributed by atoms with Gasteiger partial charge in [0.25, 0.3) is 0 Å². The highest BCUT2D eigenvalue weighted by atomic mass is 79.9. The van der Waals surface area contributed by atoms with E-state index in [0.717, 1.165) is 40.9 Å². The molecular formula is C24H32BrN5O. The van der Waals surface area contributed by atoms with Crippen LogP contribution in [-0.2, 0) is 6.54 Å². The van der Waals surface area contributed by atoms with E-state index in [4.69, 9.17) is 0 Å². The second-order valence-corrected chi connectivity index (χ2v) is 8.12. The van der Waals surface area contributed by atoms with Crippen molar-refractivity contribution in [1.82, 2.24) is 20.2 Å². The van der Waals surface area contributed by atoms with Crippen LogP contribution in [0.25, 0.3) is 11.4 Å². The van der Waals surface area contributed by atoms with Crippen molar-refractivity contribution in [1.29, 1.82) is 0 Å². The molecule has 0 unspecified atom stereocenters. The largest absolute Gasteiger partial charge is 0.387 e. The predicted octanol–water partition coefficient (Wildman–Crippen LogP) is 6.17. The predicted molar refractivity (Wildman–Crippen MR) is 130 cm³/mol. The summed E-state index contributed by atoms with van der Waals surface area (Å²) in [5.74, 6) is 1.56. The first-order chi connectivity index (χ1) is 15.1. The summed E-state index contributed by atoms with van der Waals surface area (Å²) in [5, 5.41) is 15.5. The maximum Gasteiger partial charge on any atom is 0.204 e. The lowest BCUT2D eigenvalue weighted by atomic mass is 10.1. The van der Waals surface area contributed by atoms with Crippen molar-refractivity contribution < 1.29 is 4.79 Å². The molecule has 0 bridgehead atoms. The average Bonchev–Trinajstić information content (AvgIpc) is 3.51. The van der Waals surface area contributed by atoms with E-state index in [1.807, 2.05) is 33.0 Å². The molecule has 1 aromatic heterocycles. The van der Waals surface area contributed by atoms with Crippen LogP contribution in [0.3, 0.4) is 0 Å². The molecule has 0 aliphatic heterocycles. The Morgan fingerprint density at radius 1 is 1.16 bits per heavy atom. The first-order valence-electron chi connectivity index (χ1n) is 10.9. The number of carbonyl (C=O) groups excluding carboxylic acids is 1. The molecule has 0 amide bonds. The van der Waals surface area contributed by atoms with Gasteiger partial charge in [0.2, 0.25) is 5.82 Å². The van der Waals surface area contributed by atoms with Crippen LogP contribution >= 0.6 is 15.9 Å². The van der Waals surface area contributed by atoms with Crippen molar-refractivity contribution in [3.05, 3.63) is 58.1 Å². The van der Waals surface area contributed by atoms with E-state index < -0.39 is 0 Å². The van der Waals surface area contributed by atoms with Crippen molar-refractivity contribution >= 4 is 27.9 Å². The Morgan fingerprint density at radius 3 is 2.45 bits per heavy atom. The molecule has 0 spiro atoms. The van der Waals surface area contributed by atoms with E-state index in [1.165, 1.54) is 24.8 Å². The van der Waals surface area contributed by atoms with Crippen LogP contribution in [0.4, 0.5) is 5.69 Å². The summed E-state index contributed by atoms with van der Waals surface area (Å²) in [6.45, 7) is 6.90. The number of carbonyl (C=O) groups is 1. The van der Waals surface area contributed by atoms with Crippen molar-refractivity contribution in [3.63, 3.8) is 0 Å². The monoisotopic (exact) mass is 485 g/mol. The fourth-order valence-corrected chi connectivity index (χ4v) is 3.61. The first kappa shape index (κ1) is 24.7. The SMILES string of the molecule is CC.CNc1ccc(C)cc1Br.O=Cc1ccc(-c2nnn(CCCC3CC3)n2)cc1. The minimum atomic E-state index is 0.615. The van der Waals surface area contributed by atoms with Gasteiger partial charge in [0.05, 0.1) is 6.54 Å².